The number of ether oxygens (including phenoxy) is 1. The highest BCUT2D eigenvalue weighted by molar-refractivity contribution is 5.30. The highest BCUT2D eigenvalue weighted by Gasteiger charge is 2.21. The Hall–Kier alpha value is -1.02. The van der Waals surface area contributed by atoms with Crippen LogP contribution in [0.25, 0.3) is 0 Å². The van der Waals surface area contributed by atoms with Crippen molar-refractivity contribution < 1.29 is 4.74 Å². The van der Waals surface area contributed by atoms with Crippen LogP contribution in [0.4, 0.5) is 0 Å². The van der Waals surface area contributed by atoms with Gasteiger partial charge in [-0.2, -0.15) is 0 Å². The molecule has 1 unspecified atom stereocenters. The van der Waals surface area contributed by atoms with Gasteiger partial charge >= 0.3 is 0 Å². The summed E-state index contributed by atoms with van der Waals surface area (Å²) in [5.74, 6) is 1.82. The maximum Gasteiger partial charge on any atom is 0.119 e. The molecule has 1 saturated carbocycles. The van der Waals surface area contributed by atoms with E-state index >= 15 is 0 Å². The van der Waals surface area contributed by atoms with Gasteiger partial charge in [-0.25, -0.2) is 0 Å². The van der Waals surface area contributed by atoms with Gasteiger partial charge < -0.3 is 10.1 Å². The largest absolute Gasteiger partial charge is 0.493 e. The maximum atomic E-state index is 5.77. The quantitative estimate of drug-likeness (QED) is 0.793. The highest BCUT2D eigenvalue weighted by Crippen LogP contribution is 2.30. The van der Waals surface area contributed by atoms with Gasteiger partial charge in [0.2, 0.25) is 0 Å². The monoisotopic (exact) mass is 219 g/mol. The smallest absolute Gasteiger partial charge is 0.119 e. The summed E-state index contributed by atoms with van der Waals surface area (Å²) in [6.45, 7) is 6.20. The molecule has 2 nitrogen and oxygen atoms in total. The molecule has 2 rings (SSSR count). The third kappa shape index (κ3) is 3.24. The Kier molecular flexibility index (Phi) is 3.83. The normalized spacial score (nSPS) is 17.1. The van der Waals surface area contributed by atoms with Crippen molar-refractivity contribution in [2.45, 2.75) is 32.7 Å². The van der Waals surface area contributed by atoms with Gasteiger partial charge in [-0.15, -0.1) is 0 Å². The van der Waals surface area contributed by atoms with Crippen LogP contribution >= 0.6 is 0 Å². The van der Waals surface area contributed by atoms with Gasteiger partial charge in [-0.1, -0.05) is 19.1 Å². The minimum absolute atomic E-state index is 0.398. The minimum Gasteiger partial charge on any atom is -0.493 e. The van der Waals surface area contributed by atoms with E-state index in [1.807, 2.05) is 6.07 Å². The number of rotatable bonds is 6. The zero-order valence-corrected chi connectivity index (χ0v) is 10.2. The number of hydrogen-bond acceptors (Lipinski definition) is 2. The Balaban J connectivity index is 1.94. The minimum atomic E-state index is 0.398. The first kappa shape index (κ1) is 11.5. The molecule has 88 valence electrons. The number of benzene rings is 1. The van der Waals surface area contributed by atoms with Crippen LogP contribution in [0.1, 0.15) is 38.3 Å². The van der Waals surface area contributed by atoms with E-state index in [0.29, 0.717) is 6.04 Å². The molecule has 1 fully saturated rings. The third-order valence-electron chi connectivity index (χ3n) is 3.05. The molecular weight excluding hydrogens is 198 g/mol. The van der Waals surface area contributed by atoms with E-state index in [1.165, 1.54) is 18.4 Å². The first-order valence-corrected chi connectivity index (χ1v) is 6.25. The Bertz CT molecular complexity index is 333. The number of nitrogens with one attached hydrogen (secondary N) is 1. The molecule has 2 heteroatoms. The number of hydrogen-bond donors (Lipinski definition) is 1. The maximum absolute atomic E-state index is 5.77. The molecule has 0 aromatic heterocycles. The molecule has 0 amide bonds. The fourth-order valence-electron chi connectivity index (χ4n) is 1.80. The second kappa shape index (κ2) is 5.35. The molecule has 16 heavy (non-hydrogen) atoms. The molecule has 1 aromatic carbocycles. The fraction of sp³-hybridized carbons (Fsp3) is 0.571. The molecule has 1 atom stereocenters. The summed E-state index contributed by atoms with van der Waals surface area (Å²) >= 11 is 0. The lowest BCUT2D eigenvalue weighted by molar-refractivity contribution is 0.299. The molecule has 1 aromatic rings. The molecule has 0 radical (unpaired) electrons. The standard InChI is InChI=1S/C14H21NO/c1-3-15-11(2)13-5-4-6-14(9-13)16-10-12-7-8-12/h4-6,9,11-12,15H,3,7-8,10H2,1-2H3. The van der Waals surface area contributed by atoms with Crippen LogP contribution in [-0.2, 0) is 0 Å². The molecule has 1 N–H and O–H groups in total. The van der Waals surface area contributed by atoms with Gasteiger partial charge in [0.15, 0.2) is 0 Å². The summed E-state index contributed by atoms with van der Waals surface area (Å²) in [6.07, 6.45) is 2.68. The highest BCUT2D eigenvalue weighted by atomic mass is 16.5. The van der Waals surface area contributed by atoms with Crippen LogP contribution in [0.3, 0.4) is 0 Å². The molecule has 1 aliphatic rings. The van der Waals surface area contributed by atoms with Gasteiger partial charge in [0, 0.05) is 6.04 Å². The van der Waals surface area contributed by atoms with Crippen molar-refractivity contribution in [3.63, 3.8) is 0 Å². The predicted octanol–water partition coefficient (Wildman–Crippen LogP) is 3.15. The zero-order chi connectivity index (χ0) is 11.4. The molecule has 0 spiro atoms. The summed E-state index contributed by atoms with van der Waals surface area (Å²) < 4.78 is 5.77. The SMILES string of the molecule is CCNC(C)c1cccc(OCC2CC2)c1. The van der Waals surface area contributed by atoms with Gasteiger partial charge in [0.25, 0.3) is 0 Å². The summed E-state index contributed by atoms with van der Waals surface area (Å²) in [6, 6.07) is 8.82. The van der Waals surface area contributed by atoms with E-state index < -0.39 is 0 Å². The third-order valence-corrected chi connectivity index (χ3v) is 3.05. The van der Waals surface area contributed by atoms with Gasteiger partial charge in [-0.05, 0) is 49.9 Å². The molecule has 0 bridgehead atoms. The van der Waals surface area contributed by atoms with Crippen molar-refractivity contribution in [2.24, 2.45) is 5.92 Å². The lowest BCUT2D eigenvalue weighted by Crippen LogP contribution is -2.17. The van der Waals surface area contributed by atoms with Crippen LogP contribution in [0.15, 0.2) is 24.3 Å². The van der Waals surface area contributed by atoms with Crippen LogP contribution < -0.4 is 10.1 Å². The van der Waals surface area contributed by atoms with E-state index in [2.05, 4.69) is 37.4 Å². The Morgan fingerprint density at radius 1 is 1.44 bits per heavy atom. The van der Waals surface area contributed by atoms with Crippen molar-refractivity contribution in [3.05, 3.63) is 29.8 Å². The first-order chi connectivity index (χ1) is 7.79. The molecule has 0 heterocycles. The average molecular weight is 219 g/mol. The van der Waals surface area contributed by atoms with E-state index in [9.17, 15) is 0 Å². The second-order valence-corrected chi connectivity index (χ2v) is 4.61. The Morgan fingerprint density at radius 3 is 2.94 bits per heavy atom. The van der Waals surface area contributed by atoms with Crippen molar-refractivity contribution in [3.8, 4) is 5.75 Å². The average Bonchev–Trinajstić information content (AvgIpc) is 3.11. The van der Waals surface area contributed by atoms with Crippen LogP contribution in [0.5, 0.6) is 5.75 Å². The lowest BCUT2D eigenvalue weighted by atomic mass is 10.1. The molecule has 0 saturated heterocycles. The summed E-state index contributed by atoms with van der Waals surface area (Å²) in [4.78, 5) is 0. The summed E-state index contributed by atoms with van der Waals surface area (Å²) in [5.41, 5.74) is 1.30. The summed E-state index contributed by atoms with van der Waals surface area (Å²) in [5, 5.41) is 3.41. The lowest BCUT2D eigenvalue weighted by Gasteiger charge is -2.14. The van der Waals surface area contributed by atoms with E-state index in [0.717, 1.165) is 24.8 Å². The van der Waals surface area contributed by atoms with Crippen molar-refractivity contribution in [1.29, 1.82) is 0 Å². The zero-order valence-electron chi connectivity index (χ0n) is 10.2. The van der Waals surface area contributed by atoms with Gasteiger partial charge in [0.05, 0.1) is 6.61 Å². The summed E-state index contributed by atoms with van der Waals surface area (Å²) in [7, 11) is 0. The van der Waals surface area contributed by atoms with Gasteiger partial charge in [0.1, 0.15) is 5.75 Å². The first-order valence-electron chi connectivity index (χ1n) is 6.25. The molecule has 1 aliphatic carbocycles. The van der Waals surface area contributed by atoms with Crippen LogP contribution in [0.2, 0.25) is 0 Å². The van der Waals surface area contributed by atoms with E-state index in [1.54, 1.807) is 0 Å². The van der Waals surface area contributed by atoms with E-state index in [4.69, 9.17) is 4.74 Å². The van der Waals surface area contributed by atoms with Crippen molar-refractivity contribution in [2.75, 3.05) is 13.2 Å². The Labute approximate surface area is 98.0 Å². The topological polar surface area (TPSA) is 21.3 Å². The van der Waals surface area contributed by atoms with Crippen molar-refractivity contribution in [1.82, 2.24) is 5.32 Å². The fourth-order valence-corrected chi connectivity index (χ4v) is 1.80. The van der Waals surface area contributed by atoms with Crippen LogP contribution in [0, 0.1) is 5.92 Å². The molecular formula is C14H21NO. The van der Waals surface area contributed by atoms with E-state index in [-0.39, 0.29) is 0 Å². The van der Waals surface area contributed by atoms with Crippen LogP contribution in [-0.4, -0.2) is 13.2 Å². The molecule has 0 aliphatic heterocycles. The predicted molar refractivity (Wildman–Crippen MR) is 66.8 cm³/mol. The second-order valence-electron chi connectivity index (χ2n) is 4.61. The van der Waals surface area contributed by atoms with Gasteiger partial charge in [-0.3, -0.25) is 0 Å². The van der Waals surface area contributed by atoms with Crippen molar-refractivity contribution >= 4 is 0 Å². The Morgan fingerprint density at radius 2 is 2.25 bits per heavy atom.